The van der Waals surface area contributed by atoms with Crippen LogP contribution in [0.5, 0.6) is 5.75 Å². The van der Waals surface area contributed by atoms with Gasteiger partial charge in [0.1, 0.15) is 11.6 Å². The molecule has 1 heterocycles. The molecule has 1 aromatic rings. The fourth-order valence-electron chi connectivity index (χ4n) is 1.16. The number of hydrogen-bond donors (Lipinski definition) is 2. The van der Waals surface area contributed by atoms with Crippen LogP contribution in [0, 0.1) is 11.3 Å². The molecule has 18 heavy (non-hydrogen) atoms. The van der Waals surface area contributed by atoms with Crippen molar-refractivity contribution in [1.82, 2.24) is 4.98 Å². The Balaban J connectivity index is 3.35. The first kappa shape index (κ1) is 13.6. The van der Waals surface area contributed by atoms with Crippen LogP contribution >= 0.6 is 0 Å². The number of anilines is 1. The Kier molecular flexibility index (Phi) is 3.61. The van der Waals surface area contributed by atoms with Crippen LogP contribution in [-0.2, 0) is 11.2 Å². The van der Waals surface area contributed by atoms with Crippen molar-refractivity contribution in [2.24, 2.45) is 0 Å². The minimum absolute atomic E-state index is 0.328. The normalized spacial score (nSPS) is 10.8. The molecule has 9 heteroatoms. The predicted octanol–water partition coefficient (Wildman–Crippen LogP) is 1.06. The fraction of sp³-hybridized carbons (Fsp3) is 0.222. The third-order valence-electron chi connectivity index (χ3n) is 1.79. The number of carboxylic acid groups (broad SMARTS) is 1. The van der Waals surface area contributed by atoms with Gasteiger partial charge < -0.3 is 15.6 Å². The smallest absolute Gasteiger partial charge is 0.481 e. The highest BCUT2D eigenvalue weighted by molar-refractivity contribution is 5.72. The van der Waals surface area contributed by atoms with E-state index >= 15 is 0 Å². The second-order valence-corrected chi connectivity index (χ2v) is 3.09. The van der Waals surface area contributed by atoms with Gasteiger partial charge in [-0.3, -0.25) is 9.78 Å². The van der Waals surface area contributed by atoms with Gasteiger partial charge in [-0.05, 0) is 0 Å². The highest BCUT2D eigenvalue weighted by Gasteiger charge is 2.34. The number of pyridine rings is 1. The van der Waals surface area contributed by atoms with Crippen LogP contribution in [0.1, 0.15) is 11.3 Å². The number of carboxylic acids is 1. The van der Waals surface area contributed by atoms with Gasteiger partial charge in [-0.1, -0.05) is 0 Å². The molecule has 0 saturated heterocycles. The Hall–Kier alpha value is -2.50. The summed E-state index contributed by atoms with van der Waals surface area (Å²) in [5, 5.41) is 17.2. The van der Waals surface area contributed by atoms with E-state index in [1.54, 1.807) is 0 Å². The molecule has 0 aliphatic rings. The lowest BCUT2D eigenvalue weighted by molar-refractivity contribution is -0.275. The van der Waals surface area contributed by atoms with E-state index in [0.29, 0.717) is 0 Å². The molecule has 1 aromatic heterocycles. The number of hydrogen-bond acceptors (Lipinski definition) is 5. The number of nitrogen functional groups attached to an aromatic ring is 1. The molecule has 0 atom stereocenters. The summed E-state index contributed by atoms with van der Waals surface area (Å²) in [4.78, 5) is 13.9. The Bertz CT molecular complexity index is 522. The average molecular weight is 261 g/mol. The third-order valence-corrected chi connectivity index (χ3v) is 1.79. The molecule has 6 nitrogen and oxygen atoms in total. The topological polar surface area (TPSA) is 109 Å². The third kappa shape index (κ3) is 3.24. The zero-order valence-electron chi connectivity index (χ0n) is 8.65. The Morgan fingerprint density at radius 3 is 2.67 bits per heavy atom. The SMILES string of the molecule is N#Cc1c(N)cnc(CC(=O)O)c1OC(F)(F)F. The summed E-state index contributed by atoms with van der Waals surface area (Å²) in [5.41, 5.74) is 3.82. The van der Waals surface area contributed by atoms with Crippen LogP contribution in [0.3, 0.4) is 0 Å². The highest BCUT2D eigenvalue weighted by Crippen LogP contribution is 2.32. The lowest BCUT2D eigenvalue weighted by atomic mass is 10.1. The first-order chi connectivity index (χ1) is 8.24. The maximum atomic E-state index is 12.2. The second kappa shape index (κ2) is 4.79. The molecule has 0 unspecified atom stereocenters. The molecule has 0 aliphatic carbocycles. The van der Waals surface area contributed by atoms with Gasteiger partial charge in [-0.2, -0.15) is 5.26 Å². The number of ether oxygens (including phenoxy) is 1. The number of nitrogens with two attached hydrogens (primary N) is 1. The molecular formula is C9H6F3N3O3. The standard InChI is InChI=1S/C9H6F3N3O3/c10-9(11,12)18-8-4(2-13)5(14)3-15-6(8)1-7(16)17/h3H,1,14H2,(H,16,17). The van der Waals surface area contributed by atoms with E-state index in [9.17, 15) is 18.0 Å². The lowest BCUT2D eigenvalue weighted by Crippen LogP contribution is -2.20. The van der Waals surface area contributed by atoms with Gasteiger partial charge >= 0.3 is 12.3 Å². The summed E-state index contributed by atoms with van der Waals surface area (Å²) in [7, 11) is 0. The molecule has 0 aromatic carbocycles. The van der Waals surface area contributed by atoms with Crippen molar-refractivity contribution in [3.63, 3.8) is 0 Å². The van der Waals surface area contributed by atoms with Gasteiger partial charge in [0, 0.05) is 0 Å². The molecule has 96 valence electrons. The molecular weight excluding hydrogens is 255 g/mol. The van der Waals surface area contributed by atoms with Crippen molar-refractivity contribution in [2.45, 2.75) is 12.8 Å². The molecule has 0 radical (unpaired) electrons. The van der Waals surface area contributed by atoms with Crippen molar-refractivity contribution < 1.29 is 27.8 Å². The van der Waals surface area contributed by atoms with E-state index in [1.165, 1.54) is 6.07 Å². The number of aliphatic carboxylic acids is 1. The number of nitriles is 1. The Labute approximate surface area is 98.4 Å². The number of aromatic nitrogens is 1. The monoisotopic (exact) mass is 261 g/mol. The van der Waals surface area contributed by atoms with Crippen molar-refractivity contribution in [3.05, 3.63) is 17.5 Å². The number of alkyl halides is 3. The second-order valence-electron chi connectivity index (χ2n) is 3.09. The Morgan fingerprint density at radius 1 is 1.61 bits per heavy atom. The minimum Gasteiger partial charge on any atom is -0.481 e. The molecule has 0 spiro atoms. The summed E-state index contributed by atoms with van der Waals surface area (Å²) in [5.74, 6) is -2.39. The zero-order valence-corrected chi connectivity index (χ0v) is 8.65. The van der Waals surface area contributed by atoms with Crippen LogP contribution in [-0.4, -0.2) is 22.4 Å². The number of carbonyl (C=O) groups is 1. The van der Waals surface area contributed by atoms with Gasteiger partial charge in [-0.15, -0.1) is 13.2 Å². The van der Waals surface area contributed by atoms with Crippen LogP contribution in [0.25, 0.3) is 0 Å². The van der Waals surface area contributed by atoms with Crippen LogP contribution < -0.4 is 10.5 Å². The van der Waals surface area contributed by atoms with Gasteiger partial charge in [0.05, 0.1) is 24.0 Å². The van der Waals surface area contributed by atoms with E-state index in [0.717, 1.165) is 6.20 Å². The summed E-state index contributed by atoms with van der Waals surface area (Å²) < 4.78 is 40.1. The van der Waals surface area contributed by atoms with Crippen LogP contribution in [0.4, 0.5) is 18.9 Å². The van der Waals surface area contributed by atoms with Gasteiger partial charge in [0.15, 0.2) is 5.75 Å². The molecule has 0 aliphatic heterocycles. The van der Waals surface area contributed by atoms with Crippen molar-refractivity contribution in [1.29, 1.82) is 5.26 Å². The van der Waals surface area contributed by atoms with Gasteiger partial charge in [-0.25, -0.2) is 0 Å². The van der Waals surface area contributed by atoms with Crippen LogP contribution in [0.2, 0.25) is 0 Å². The van der Waals surface area contributed by atoms with Crippen LogP contribution in [0.15, 0.2) is 6.20 Å². The predicted molar refractivity (Wildman–Crippen MR) is 51.4 cm³/mol. The summed E-state index contributed by atoms with van der Waals surface area (Å²) in [6, 6.07) is 1.42. The number of nitrogens with zero attached hydrogens (tertiary/aromatic N) is 2. The Morgan fingerprint density at radius 2 is 2.22 bits per heavy atom. The van der Waals surface area contributed by atoms with Crippen molar-refractivity contribution >= 4 is 11.7 Å². The highest BCUT2D eigenvalue weighted by atomic mass is 19.4. The minimum atomic E-state index is -5.08. The summed E-state index contributed by atoms with van der Waals surface area (Å²) >= 11 is 0. The molecule has 1 rings (SSSR count). The van der Waals surface area contributed by atoms with E-state index in [4.69, 9.17) is 16.1 Å². The molecule has 0 fully saturated rings. The first-order valence-corrected chi connectivity index (χ1v) is 4.39. The average Bonchev–Trinajstić information content (AvgIpc) is 2.20. The maximum absolute atomic E-state index is 12.2. The van der Waals surface area contributed by atoms with E-state index in [1.807, 2.05) is 0 Å². The maximum Gasteiger partial charge on any atom is 0.573 e. The van der Waals surface area contributed by atoms with Crippen molar-refractivity contribution in [2.75, 3.05) is 5.73 Å². The quantitative estimate of drug-likeness (QED) is 0.841. The summed E-state index contributed by atoms with van der Waals surface area (Å²) in [6.07, 6.45) is -4.99. The molecule has 3 N–H and O–H groups in total. The molecule has 0 bridgehead atoms. The van der Waals surface area contributed by atoms with E-state index < -0.39 is 35.8 Å². The first-order valence-electron chi connectivity index (χ1n) is 4.39. The number of halogens is 3. The molecule has 0 saturated carbocycles. The lowest BCUT2D eigenvalue weighted by Gasteiger charge is -2.14. The summed E-state index contributed by atoms with van der Waals surface area (Å²) in [6.45, 7) is 0. The van der Waals surface area contributed by atoms with Crippen molar-refractivity contribution in [3.8, 4) is 11.8 Å². The fourth-order valence-corrected chi connectivity index (χ4v) is 1.16. The zero-order chi connectivity index (χ0) is 13.9. The molecule has 0 amide bonds. The number of rotatable bonds is 3. The van der Waals surface area contributed by atoms with E-state index in [2.05, 4.69) is 9.72 Å². The van der Waals surface area contributed by atoms with Gasteiger partial charge in [0.25, 0.3) is 0 Å². The largest absolute Gasteiger partial charge is 0.573 e. The van der Waals surface area contributed by atoms with Gasteiger partial charge in [0.2, 0.25) is 0 Å². The van der Waals surface area contributed by atoms with E-state index in [-0.39, 0.29) is 5.69 Å².